The van der Waals surface area contributed by atoms with Crippen LogP contribution in [-0.4, -0.2) is 119 Å². The molecule has 2 aromatic rings. The van der Waals surface area contributed by atoms with Crippen molar-refractivity contribution in [3.05, 3.63) is 59.2 Å². The first-order valence-corrected chi connectivity index (χ1v) is 15.4. The van der Waals surface area contributed by atoms with Gasteiger partial charge in [0, 0.05) is 58.4 Å². The van der Waals surface area contributed by atoms with Crippen molar-refractivity contribution in [2.75, 3.05) is 80.2 Å². The summed E-state index contributed by atoms with van der Waals surface area (Å²) in [5.74, 6) is 0.581. The molecule has 2 aliphatic rings. The van der Waals surface area contributed by atoms with E-state index in [1.165, 1.54) is 16.9 Å². The predicted molar refractivity (Wildman–Crippen MR) is 156 cm³/mol. The first-order valence-electron chi connectivity index (χ1n) is 14.0. The molecule has 1 unspecified atom stereocenters. The topological polar surface area (TPSA) is 82.6 Å². The number of nitrogens with zero attached hydrogens (tertiary/aromatic N) is 4. The van der Waals surface area contributed by atoms with E-state index in [0.717, 1.165) is 39.0 Å². The molecule has 10 heteroatoms. The molecule has 2 aliphatic heterocycles. The zero-order valence-corrected chi connectivity index (χ0v) is 25.4. The molecule has 0 saturated carbocycles. The van der Waals surface area contributed by atoms with Gasteiger partial charge in [-0.05, 0) is 62.6 Å². The number of piperazine rings is 1. The third-order valence-electron chi connectivity index (χ3n) is 8.35. The van der Waals surface area contributed by atoms with Crippen LogP contribution in [0.5, 0.6) is 5.75 Å². The molecule has 0 bridgehead atoms. The Hall–Kier alpha value is -2.50. The predicted octanol–water partition coefficient (Wildman–Crippen LogP) is 2.41. The average molecular weight is 573 g/mol. The number of carbonyl (C=O) groups is 1. The van der Waals surface area contributed by atoms with Crippen molar-refractivity contribution in [2.24, 2.45) is 0 Å². The number of aryl methyl sites for hydroxylation is 2. The number of carbonyl (C=O) groups excluding carboxylic acids is 1. The van der Waals surface area contributed by atoms with Gasteiger partial charge < -0.3 is 19.3 Å². The summed E-state index contributed by atoms with van der Waals surface area (Å²) in [6.07, 6.45) is 1.84. The van der Waals surface area contributed by atoms with Crippen molar-refractivity contribution in [1.29, 1.82) is 0 Å². The molecule has 9 nitrogen and oxygen atoms in total. The van der Waals surface area contributed by atoms with Gasteiger partial charge in [0.05, 0.1) is 18.6 Å². The Labute approximate surface area is 239 Å². The Balaban J connectivity index is 1.33. The molecule has 1 amide bonds. The zero-order valence-electron chi connectivity index (χ0n) is 24.6. The SMILES string of the molecule is COc1cc(C)c(S(=O)(=O)N(C)CCOCC(=O)N2CCC(Cc3ccccc3)(N3CCN(C)CC3)C2)c(C)c1. The van der Waals surface area contributed by atoms with Crippen LogP contribution >= 0.6 is 0 Å². The van der Waals surface area contributed by atoms with Gasteiger partial charge in [0.15, 0.2) is 0 Å². The molecular formula is C30H44N4O5S. The maximum absolute atomic E-state index is 13.2. The van der Waals surface area contributed by atoms with Gasteiger partial charge in [0.2, 0.25) is 15.9 Å². The van der Waals surface area contributed by atoms with E-state index in [4.69, 9.17) is 9.47 Å². The van der Waals surface area contributed by atoms with Crippen LogP contribution in [-0.2, 0) is 26.0 Å². The average Bonchev–Trinajstić information content (AvgIpc) is 3.36. The van der Waals surface area contributed by atoms with E-state index in [9.17, 15) is 13.2 Å². The van der Waals surface area contributed by atoms with Gasteiger partial charge >= 0.3 is 0 Å². The molecule has 0 spiro atoms. The van der Waals surface area contributed by atoms with Crippen molar-refractivity contribution >= 4 is 15.9 Å². The molecule has 1 atom stereocenters. The number of hydrogen-bond donors (Lipinski definition) is 0. The summed E-state index contributed by atoms with van der Waals surface area (Å²) in [7, 11) is 1.55. The number of sulfonamides is 1. The maximum atomic E-state index is 13.2. The fourth-order valence-corrected chi connectivity index (χ4v) is 7.55. The van der Waals surface area contributed by atoms with E-state index in [-0.39, 0.29) is 36.1 Å². The van der Waals surface area contributed by atoms with E-state index < -0.39 is 10.0 Å². The van der Waals surface area contributed by atoms with Crippen molar-refractivity contribution in [3.8, 4) is 5.75 Å². The summed E-state index contributed by atoms with van der Waals surface area (Å²) in [6.45, 7) is 9.19. The van der Waals surface area contributed by atoms with Crippen LogP contribution in [0, 0.1) is 13.8 Å². The van der Waals surface area contributed by atoms with Gasteiger partial charge in [-0.3, -0.25) is 9.69 Å². The van der Waals surface area contributed by atoms with Crippen LogP contribution in [0.4, 0.5) is 0 Å². The Bertz CT molecular complexity index is 1240. The smallest absolute Gasteiger partial charge is 0.248 e. The van der Waals surface area contributed by atoms with Crippen molar-refractivity contribution in [2.45, 2.75) is 37.1 Å². The minimum Gasteiger partial charge on any atom is -0.497 e. The van der Waals surface area contributed by atoms with Crippen molar-refractivity contribution in [3.63, 3.8) is 0 Å². The van der Waals surface area contributed by atoms with Crippen LogP contribution in [0.1, 0.15) is 23.1 Å². The lowest BCUT2D eigenvalue weighted by atomic mass is 9.87. The van der Waals surface area contributed by atoms with Gasteiger partial charge in [0.1, 0.15) is 12.4 Å². The van der Waals surface area contributed by atoms with E-state index in [2.05, 4.69) is 41.1 Å². The minimum absolute atomic E-state index is 0.0450. The summed E-state index contributed by atoms with van der Waals surface area (Å²) in [5.41, 5.74) is 2.47. The maximum Gasteiger partial charge on any atom is 0.248 e. The molecule has 2 heterocycles. The zero-order chi connectivity index (χ0) is 28.9. The van der Waals surface area contributed by atoms with Crippen LogP contribution < -0.4 is 4.74 Å². The minimum atomic E-state index is -3.71. The second-order valence-corrected chi connectivity index (χ2v) is 13.2. The molecule has 2 aromatic carbocycles. The molecular weight excluding hydrogens is 528 g/mol. The number of amides is 1. The second-order valence-electron chi connectivity index (χ2n) is 11.2. The number of methoxy groups -OCH3 is 1. The fourth-order valence-electron chi connectivity index (χ4n) is 6.00. The molecule has 220 valence electrons. The first-order chi connectivity index (χ1) is 19.1. The first kappa shape index (κ1) is 30.5. The van der Waals surface area contributed by atoms with Crippen molar-refractivity contribution in [1.82, 2.24) is 19.0 Å². The van der Waals surface area contributed by atoms with Gasteiger partial charge in [-0.25, -0.2) is 8.42 Å². The highest BCUT2D eigenvalue weighted by atomic mass is 32.2. The second kappa shape index (κ2) is 13.0. The fraction of sp³-hybridized carbons (Fsp3) is 0.567. The molecule has 2 saturated heterocycles. The highest BCUT2D eigenvalue weighted by Crippen LogP contribution is 2.33. The normalized spacial score (nSPS) is 20.8. The standard InChI is InChI=1S/C30H44N4O5S/c1-24-19-27(38-5)20-25(2)29(24)40(36,37)32(4)17-18-39-22-28(35)33-12-11-30(23-33,21-26-9-7-6-8-10-26)34-15-13-31(3)14-16-34/h6-10,19-20H,11-18,21-23H2,1-5H3. The number of ether oxygens (including phenoxy) is 2. The Morgan fingerprint density at radius 1 is 1.02 bits per heavy atom. The molecule has 0 aromatic heterocycles. The number of benzene rings is 2. The molecule has 4 rings (SSSR count). The van der Waals surface area contributed by atoms with Gasteiger partial charge in [0.25, 0.3) is 0 Å². The largest absolute Gasteiger partial charge is 0.497 e. The van der Waals surface area contributed by atoms with E-state index in [0.29, 0.717) is 30.0 Å². The Kier molecular flexibility index (Phi) is 9.89. The van der Waals surface area contributed by atoms with E-state index in [1.807, 2.05) is 11.0 Å². The van der Waals surface area contributed by atoms with Crippen LogP contribution in [0.3, 0.4) is 0 Å². The van der Waals surface area contributed by atoms with E-state index >= 15 is 0 Å². The Morgan fingerprint density at radius 3 is 2.30 bits per heavy atom. The highest BCUT2D eigenvalue weighted by Gasteiger charge is 2.45. The third kappa shape index (κ3) is 6.86. The lowest BCUT2D eigenvalue weighted by molar-refractivity contribution is -0.135. The van der Waals surface area contributed by atoms with Crippen LogP contribution in [0.25, 0.3) is 0 Å². The summed E-state index contributed by atoms with van der Waals surface area (Å²) in [6, 6.07) is 14.0. The number of likely N-dealkylation sites (N-methyl/N-ethyl adjacent to an activating group) is 2. The Morgan fingerprint density at radius 2 is 1.68 bits per heavy atom. The molecule has 0 radical (unpaired) electrons. The molecule has 2 fully saturated rings. The molecule has 0 N–H and O–H groups in total. The quantitative estimate of drug-likeness (QED) is 0.383. The number of hydrogen-bond acceptors (Lipinski definition) is 7. The van der Waals surface area contributed by atoms with Crippen LogP contribution in [0.2, 0.25) is 0 Å². The number of rotatable bonds is 11. The van der Waals surface area contributed by atoms with Gasteiger partial charge in [-0.2, -0.15) is 4.31 Å². The van der Waals surface area contributed by atoms with Crippen LogP contribution in [0.15, 0.2) is 47.4 Å². The van der Waals surface area contributed by atoms with E-state index in [1.54, 1.807) is 33.1 Å². The summed E-state index contributed by atoms with van der Waals surface area (Å²) in [5, 5.41) is 0. The lowest BCUT2D eigenvalue weighted by Crippen LogP contribution is -2.59. The lowest BCUT2D eigenvalue weighted by Gasteiger charge is -2.45. The summed E-state index contributed by atoms with van der Waals surface area (Å²) in [4.78, 5) is 20.3. The highest BCUT2D eigenvalue weighted by molar-refractivity contribution is 7.89. The summed E-state index contributed by atoms with van der Waals surface area (Å²) < 4.78 is 38.8. The molecule has 40 heavy (non-hydrogen) atoms. The van der Waals surface area contributed by atoms with Crippen molar-refractivity contribution < 1.29 is 22.7 Å². The number of likely N-dealkylation sites (tertiary alicyclic amines) is 1. The van der Waals surface area contributed by atoms with Gasteiger partial charge in [-0.1, -0.05) is 30.3 Å². The van der Waals surface area contributed by atoms with Gasteiger partial charge in [-0.15, -0.1) is 0 Å². The third-order valence-corrected chi connectivity index (χ3v) is 10.5. The monoisotopic (exact) mass is 572 g/mol. The summed E-state index contributed by atoms with van der Waals surface area (Å²) >= 11 is 0. The molecule has 0 aliphatic carbocycles.